The smallest absolute Gasteiger partial charge is 0.415 e. The van der Waals surface area contributed by atoms with Crippen molar-refractivity contribution in [3.63, 3.8) is 0 Å². The Labute approximate surface area is 148 Å². The van der Waals surface area contributed by atoms with Crippen molar-refractivity contribution in [1.29, 1.82) is 0 Å². The molecule has 4 nitrogen and oxygen atoms in total. The summed E-state index contributed by atoms with van der Waals surface area (Å²) in [6, 6.07) is 28.1. The van der Waals surface area contributed by atoms with Gasteiger partial charge in [0.1, 0.15) is 17.8 Å². The van der Waals surface area contributed by atoms with Crippen LogP contribution in [-0.4, -0.2) is 6.29 Å². The van der Waals surface area contributed by atoms with Gasteiger partial charge in [0.05, 0.1) is 0 Å². The first-order chi connectivity index (χ1) is 12.2. The highest BCUT2D eigenvalue weighted by atomic mass is 31.2. The molecule has 0 amide bonds. The predicted octanol–water partition coefficient (Wildman–Crippen LogP) is 5.08. The van der Waals surface area contributed by atoms with Crippen molar-refractivity contribution >= 4 is 7.60 Å². The summed E-state index contributed by atoms with van der Waals surface area (Å²) >= 11 is 0. The Morgan fingerprint density at radius 3 is 1.60 bits per heavy atom. The molecule has 0 aromatic heterocycles. The summed E-state index contributed by atoms with van der Waals surface area (Å²) in [4.78, 5) is 0. The van der Waals surface area contributed by atoms with Crippen molar-refractivity contribution in [2.75, 3.05) is 6.29 Å². The quantitative estimate of drug-likeness (QED) is 0.574. The largest absolute Gasteiger partial charge is 0.444 e. The third kappa shape index (κ3) is 5.49. The normalized spacial score (nSPS) is 11.0. The maximum absolute atomic E-state index is 13.2. The number of hydrogen-bond acceptors (Lipinski definition) is 4. The van der Waals surface area contributed by atoms with Crippen molar-refractivity contribution < 1.29 is 13.6 Å². The van der Waals surface area contributed by atoms with E-state index >= 15 is 0 Å². The Hall–Kier alpha value is -2.55. The van der Waals surface area contributed by atoms with Crippen LogP contribution in [0.2, 0.25) is 0 Å². The fourth-order valence-corrected chi connectivity index (χ4v) is 3.74. The molecule has 0 radical (unpaired) electrons. The second-order valence-corrected chi connectivity index (χ2v) is 7.39. The van der Waals surface area contributed by atoms with E-state index in [0.29, 0.717) is 18.0 Å². The lowest BCUT2D eigenvalue weighted by atomic mass is 10.2. The number of hydrogen-bond donors (Lipinski definition) is 1. The van der Waals surface area contributed by atoms with Crippen LogP contribution in [0.25, 0.3) is 0 Å². The van der Waals surface area contributed by atoms with Crippen LogP contribution in [0, 0.1) is 0 Å². The minimum absolute atomic E-state index is 0.103. The Morgan fingerprint density at radius 1 is 0.680 bits per heavy atom. The van der Waals surface area contributed by atoms with Crippen molar-refractivity contribution in [2.24, 2.45) is 0 Å². The number of nitrogens with one attached hydrogen (secondary N) is 1. The van der Waals surface area contributed by atoms with Gasteiger partial charge in [-0.15, -0.1) is 0 Å². The van der Waals surface area contributed by atoms with Crippen LogP contribution in [-0.2, 0) is 11.1 Å². The Bertz CT molecular complexity index is 765. The molecule has 3 aromatic rings. The average molecular weight is 353 g/mol. The second kappa shape index (κ2) is 8.52. The molecule has 0 fully saturated rings. The van der Waals surface area contributed by atoms with Crippen molar-refractivity contribution in [3.05, 3.63) is 96.6 Å². The van der Waals surface area contributed by atoms with E-state index in [0.717, 1.165) is 5.56 Å². The van der Waals surface area contributed by atoms with Gasteiger partial charge in [-0.05, 0) is 29.8 Å². The Balaban J connectivity index is 1.70. The molecule has 0 saturated heterocycles. The van der Waals surface area contributed by atoms with Crippen LogP contribution in [0.15, 0.2) is 91.0 Å². The molecule has 1 N–H and O–H groups in total. The molecule has 3 rings (SSSR count). The summed E-state index contributed by atoms with van der Waals surface area (Å²) in [5, 5.41) is 3.17. The van der Waals surface area contributed by atoms with Gasteiger partial charge in [0.25, 0.3) is 0 Å². The third-order valence-corrected chi connectivity index (χ3v) is 5.04. The lowest BCUT2D eigenvalue weighted by Crippen LogP contribution is -2.19. The van der Waals surface area contributed by atoms with Crippen molar-refractivity contribution in [2.45, 2.75) is 6.54 Å². The molecule has 25 heavy (non-hydrogen) atoms. The van der Waals surface area contributed by atoms with Crippen LogP contribution in [0.4, 0.5) is 0 Å². The van der Waals surface area contributed by atoms with E-state index in [1.54, 1.807) is 24.3 Å². The van der Waals surface area contributed by atoms with Crippen molar-refractivity contribution in [3.8, 4) is 11.5 Å². The molecule has 0 heterocycles. The van der Waals surface area contributed by atoms with E-state index in [1.807, 2.05) is 66.7 Å². The lowest BCUT2D eigenvalue weighted by Gasteiger charge is -2.20. The second-order valence-electron chi connectivity index (χ2n) is 5.49. The zero-order chi connectivity index (χ0) is 17.4. The third-order valence-electron chi connectivity index (χ3n) is 3.45. The molecular weight excluding hydrogens is 333 g/mol. The van der Waals surface area contributed by atoms with Crippen LogP contribution in [0.1, 0.15) is 5.56 Å². The Morgan fingerprint density at radius 2 is 1.12 bits per heavy atom. The van der Waals surface area contributed by atoms with Crippen molar-refractivity contribution in [1.82, 2.24) is 5.32 Å². The van der Waals surface area contributed by atoms with E-state index in [4.69, 9.17) is 9.05 Å². The van der Waals surface area contributed by atoms with Gasteiger partial charge < -0.3 is 14.4 Å². The van der Waals surface area contributed by atoms with Gasteiger partial charge >= 0.3 is 7.60 Å². The molecule has 0 atom stereocenters. The highest BCUT2D eigenvalue weighted by Gasteiger charge is 2.27. The van der Waals surface area contributed by atoms with Gasteiger partial charge in [0.15, 0.2) is 0 Å². The molecule has 5 heteroatoms. The molecule has 0 aliphatic rings. The van der Waals surface area contributed by atoms with E-state index in [-0.39, 0.29) is 6.29 Å². The van der Waals surface area contributed by atoms with Gasteiger partial charge in [0, 0.05) is 6.54 Å². The van der Waals surface area contributed by atoms with Crippen LogP contribution in [0.5, 0.6) is 11.5 Å². The predicted molar refractivity (Wildman–Crippen MR) is 99.9 cm³/mol. The van der Waals surface area contributed by atoms with Gasteiger partial charge in [0.2, 0.25) is 0 Å². The molecular formula is C20H20NO3P. The van der Waals surface area contributed by atoms with Gasteiger partial charge in [-0.3, -0.25) is 0 Å². The highest BCUT2D eigenvalue weighted by molar-refractivity contribution is 7.54. The van der Waals surface area contributed by atoms with E-state index in [2.05, 4.69) is 5.32 Å². The number of benzene rings is 3. The summed E-state index contributed by atoms with van der Waals surface area (Å²) in [6.45, 7) is 0.584. The van der Waals surface area contributed by atoms with E-state index in [9.17, 15) is 4.57 Å². The summed E-state index contributed by atoms with van der Waals surface area (Å²) in [5.41, 5.74) is 1.11. The molecule has 0 aliphatic heterocycles. The highest BCUT2D eigenvalue weighted by Crippen LogP contribution is 2.47. The standard InChI is InChI=1S/C20H20NO3P/c22-25(23-19-12-6-2-7-13-19,24-20-14-8-3-9-15-20)17-21-16-18-10-4-1-5-11-18/h1-15,21H,16-17H2. The number of para-hydroxylation sites is 2. The van der Waals surface area contributed by atoms with Gasteiger partial charge in [-0.25, -0.2) is 4.57 Å². The monoisotopic (exact) mass is 353 g/mol. The van der Waals surface area contributed by atoms with Crippen LogP contribution >= 0.6 is 7.60 Å². The molecule has 128 valence electrons. The topological polar surface area (TPSA) is 47.6 Å². The first-order valence-corrected chi connectivity index (χ1v) is 9.79. The zero-order valence-electron chi connectivity index (χ0n) is 13.7. The van der Waals surface area contributed by atoms with E-state index in [1.165, 1.54) is 0 Å². The molecule has 0 aliphatic carbocycles. The fraction of sp³-hybridized carbons (Fsp3) is 0.100. The fourth-order valence-electron chi connectivity index (χ4n) is 2.30. The maximum Gasteiger partial charge on any atom is 0.444 e. The zero-order valence-corrected chi connectivity index (χ0v) is 14.6. The van der Waals surface area contributed by atoms with Gasteiger partial charge in [-0.2, -0.15) is 0 Å². The summed E-state index contributed by atoms with van der Waals surface area (Å²) in [6.07, 6.45) is 0.103. The maximum atomic E-state index is 13.2. The summed E-state index contributed by atoms with van der Waals surface area (Å²) in [5.74, 6) is 1.03. The van der Waals surface area contributed by atoms with Crippen LogP contribution < -0.4 is 14.4 Å². The number of rotatable bonds is 8. The van der Waals surface area contributed by atoms with Gasteiger partial charge in [-0.1, -0.05) is 66.7 Å². The first kappa shape index (κ1) is 17.3. The lowest BCUT2D eigenvalue weighted by molar-refractivity contribution is 0.380. The van der Waals surface area contributed by atoms with Crippen LogP contribution in [0.3, 0.4) is 0 Å². The average Bonchev–Trinajstić information content (AvgIpc) is 2.64. The minimum atomic E-state index is -3.41. The molecule has 0 saturated carbocycles. The molecule has 0 unspecified atom stereocenters. The Kier molecular flexibility index (Phi) is 5.89. The van der Waals surface area contributed by atoms with E-state index < -0.39 is 7.60 Å². The molecule has 0 spiro atoms. The SMILES string of the molecule is O=P(CNCc1ccccc1)(Oc1ccccc1)Oc1ccccc1. The first-order valence-electron chi connectivity index (χ1n) is 8.06. The molecule has 3 aromatic carbocycles. The molecule has 0 bridgehead atoms. The summed E-state index contributed by atoms with van der Waals surface area (Å²) < 4.78 is 24.7. The minimum Gasteiger partial charge on any atom is -0.415 e. The summed E-state index contributed by atoms with van der Waals surface area (Å²) in [7, 11) is -3.41.